The lowest BCUT2D eigenvalue weighted by Crippen LogP contribution is -2.30. The topological polar surface area (TPSA) is 81.9 Å². The van der Waals surface area contributed by atoms with E-state index < -0.39 is 6.10 Å². The van der Waals surface area contributed by atoms with Crippen molar-refractivity contribution in [3.8, 4) is 11.4 Å². The molecule has 0 unspecified atom stereocenters. The number of carbonyl (C=O) groups is 1. The fraction of sp³-hybridized carbons (Fsp3) is 0.125. The number of rotatable bonds is 5. The van der Waals surface area contributed by atoms with Gasteiger partial charge >= 0.3 is 0 Å². The Morgan fingerprint density at radius 1 is 1.25 bits per heavy atom. The zero-order chi connectivity index (χ0) is 16.9. The van der Waals surface area contributed by atoms with Crippen LogP contribution in [0.1, 0.15) is 6.92 Å². The van der Waals surface area contributed by atoms with Crippen molar-refractivity contribution in [1.82, 2.24) is 20.2 Å². The molecule has 0 spiro atoms. The van der Waals surface area contributed by atoms with Gasteiger partial charge in [-0.25, -0.2) is 4.68 Å². The number of anilines is 1. The van der Waals surface area contributed by atoms with Crippen molar-refractivity contribution in [1.29, 1.82) is 0 Å². The lowest BCUT2D eigenvalue weighted by Gasteiger charge is -2.15. The first-order valence-electron chi connectivity index (χ1n) is 7.18. The van der Waals surface area contributed by atoms with Gasteiger partial charge in [-0.05, 0) is 47.7 Å². The highest BCUT2D eigenvalue weighted by Crippen LogP contribution is 2.19. The van der Waals surface area contributed by atoms with E-state index in [1.807, 2.05) is 36.4 Å². The molecule has 0 bridgehead atoms. The van der Waals surface area contributed by atoms with Crippen LogP contribution < -0.4 is 10.1 Å². The van der Waals surface area contributed by atoms with Crippen LogP contribution in [0.3, 0.4) is 0 Å². The van der Waals surface area contributed by atoms with Gasteiger partial charge in [0.2, 0.25) is 0 Å². The molecule has 3 aromatic rings. The van der Waals surface area contributed by atoms with Crippen LogP contribution >= 0.6 is 15.9 Å². The third-order valence-corrected chi connectivity index (χ3v) is 3.70. The molecule has 0 radical (unpaired) electrons. The zero-order valence-electron chi connectivity index (χ0n) is 12.8. The average Bonchev–Trinajstić information content (AvgIpc) is 3.09. The third kappa shape index (κ3) is 3.96. The SMILES string of the molecule is C[C@H](Oc1cccc(-n2cnnn2)c1)C(=O)Nc1cccc(Br)c1. The molecule has 0 fully saturated rings. The molecule has 0 saturated carbocycles. The summed E-state index contributed by atoms with van der Waals surface area (Å²) in [6.45, 7) is 1.69. The smallest absolute Gasteiger partial charge is 0.265 e. The molecule has 1 amide bonds. The molecule has 1 atom stereocenters. The fourth-order valence-electron chi connectivity index (χ4n) is 2.05. The highest BCUT2D eigenvalue weighted by molar-refractivity contribution is 9.10. The molecule has 8 heteroatoms. The normalized spacial score (nSPS) is 11.8. The Labute approximate surface area is 146 Å². The zero-order valence-corrected chi connectivity index (χ0v) is 14.3. The molecule has 24 heavy (non-hydrogen) atoms. The summed E-state index contributed by atoms with van der Waals surface area (Å²) in [4.78, 5) is 12.3. The number of halogens is 1. The Morgan fingerprint density at radius 3 is 2.83 bits per heavy atom. The number of benzene rings is 2. The number of aromatic nitrogens is 4. The van der Waals surface area contributed by atoms with Crippen LogP contribution in [0.4, 0.5) is 5.69 Å². The van der Waals surface area contributed by atoms with Gasteiger partial charge in [0.05, 0.1) is 5.69 Å². The second kappa shape index (κ2) is 7.22. The van der Waals surface area contributed by atoms with Gasteiger partial charge in [-0.2, -0.15) is 0 Å². The minimum Gasteiger partial charge on any atom is -0.481 e. The second-order valence-corrected chi connectivity index (χ2v) is 5.93. The van der Waals surface area contributed by atoms with Gasteiger partial charge in [-0.15, -0.1) is 5.10 Å². The van der Waals surface area contributed by atoms with E-state index in [4.69, 9.17) is 4.74 Å². The van der Waals surface area contributed by atoms with Gasteiger partial charge in [0.15, 0.2) is 6.10 Å². The van der Waals surface area contributed by atoms with E-state index in [2.05, 4.69) is 36.8 Å². The lowest BCUT2D eigenvalue weighted by molar-refractivity contribution is -0.122. The molecule has 122 valence electrons. The fourth-order valence-corrected chi connectivity index (χ4v) is 2.45. The number of hydrogen-bond donors (Lipinski definition) is 1. The van der Waals surface area contributed by atoms with E-state index in [0.29, 0.717) is 11.4 Å². The van der Waals surface area contributed by atoms with Crippen LogP contribution in [-0.2, 0) is 4.79 Å². The number of ether oxygens (including phenoxy) is 1. The van der Waals surface area contributed by atoms with Crippen LogP contribution in [0.15, 0.2) is 59.3 Å². The van der Waals surface area contributed by atoms with Crippen LogP contribution in [0.25, 0.3) is 5.69 Å². The Balaban J connectivity index is 1.67. The summed E-state index contributed by atoms with van der Waals surface area (Å²) >= 11 is 3.37. The predicted molar refractivity (Wildman–Crippen MR) is 92.0 cm³/mol. The summed E-state index contributed by atoms with van der Waals surface area (Å²) in [7, 11) is 0. The quantitative estimate of drug-likeness (QED) is 0.727. The van der Waals surface area contributed by atoms with E-state index in [-0.39, 0.29) is 5.91 Å². The van der Waals surface area contributed by atoms with E-state index >= 15 is 0 Å². The molecule has 0 saturated heterocycles. The number of tetrazole rings is 1. The molecule has 7 nitrogen and oxygen atoms in total. The van der Waals surface area contributed by atoms with Crippen molar-refractivity contribution in [2.75, 3.05) is 5.32 Å². The number of nitrogens with zero attached hydrogens (tertiary/aromatic N) is 4. The lowest BCUT2D eigenvalue weighted by atomic mass is 10.2. The molecule has 0 aliphatic rings. The van der Waals surface area contributed by atoms with Crippen molar-refractivity contribution in [3.05, 3.63) is 59.3 Å². The first-order chi connectivity index (χ1) is 11.6. The van der Waals surface area contributed by atoms with Crippen molar-refractivity contribution in [2.24, 2.45) is 0 Å². The summed E-state index contributed by atoms with van der Waals surface area (Å²) < 4.78 is 8.12. The Morgan fingerprint density at radius 2 is 2.08 bits per heavy atom. The standard InChI is InChI=1S/C16H14BrN5O2/c1-11(16(23)19-13-5-2-4-12(17)8-13)24-15-7-3-6-14(9-15)22-10-18-20-21-22/h2-11H,1H3,(H,19,23)/t11-/m0/s1. The highest BCUT2D eigenvalue weighted by atomic mass is 79.9. The number of amides is 1. The molecular weight excluding hydrogens is 374 g/mol. The molecule has 1 heterocycles. The Hall–Kier alpha value is -2.74. The summed E-state index contributed by atoms with van der Waals surface area (Å²) in [5.41, 5.74) is 1.45. The van der Waals surface area contributed by atoms with Gasteiger partial charge < -0.3 is 10.1 Å². The predicted octanol–water partition coefficient (Wildman–Crippen LogP) is 2.83. The van der Waals surface area contributed by atoms with Crippen molar-refractivity contribution >= 4 is 27.5 Å². The summed E-state index contributed by atoms with van der Waals surface area (Å²) in [5.74, 6) is 0.320. The number of hydrogen-bond acceptors (Lipinski definition) is 5. The highest BCUT2D eigenvalue weighted by Gasteiger charge is 2.15. The molecule has 2 aromatic carbocycles. The van der Waals surface area contributed by atoms with Crippen LogP contribution in [-0.4, -0.2) is 32.2 Å². The van der Waals surface area contributed by atoms with Crippen molar-refractivity contribution < 1.29 is 9.53 Å². The average molecular weight is 388 g/mol. The first kappa shape index (κ1) is 16.1. The third-order valence-electron chi connectivity index (χ3n) is 3.21. The van der Waals surface area contributed by atoms with Gasteiger partial charge in [0.1, 0.15) is 12.1 Å². The van der Waals surface area contributed by atoms with Crippen molar-refractivity contribution in [3.63, 3.8) is 0 Å². The first-order valence-corrected chi connectivity index (χ1v) is 7.97. The van der Waals surface area contributed by atoms with Crippen LogP contribution in [0.5, 0.6) is 5.75 Å². The molecular formula is C16H14BrN5O2. The molecule has 0 aliphatic heterocycles. The van der Waals surface area contributed by atoms with Gasteiger partial charge in [0.25, 0.3) is 5.91 Å². The summed E-state index contributed by atoms with van der Waals surface area (Å²) in [6, 6.07) is 14.6. The van der Waals surface area contributed by atoms with Crippen LogP contribution in [0, 0.1) is 0 Å². The van der Waals surface area contributed by atoms with E-state index in [1.165, 1.54) is 11.0 Å². The Bertz CT molecular complexity index is 838. The van der Waals surface area contributed by atoms with E-state index in [1.54, 1.807) is 19.1 Å². The minimum absolute atomic E-state index is 0.235. The van der Waals surface area contributed by atoms with Crippen molar-refractivity contribution in [2.45, 2.75) is 13.0 Å². The monoisotopic (exact) mass is 387 g/mol. The van der Waals surface area contributed by atoms with E-state index in [0.717, 1.165) is 10.2 Å². The summed E-state index contributed by atoms with van der Waals surface area (Å²) in [6.07, 6.45) is 0.829. The maximum absolute atomic E-state index is 12.3. The van der Waals surface area contributed by atoms with Crippen LogP contribution in [0.2, 0.25) is 0 Å². The number of carbonyl (C=O) groups excluding carboxylic acids is 1. The van der Waals surface area contributed by atoms with Gasteiger partial charge in [-0.3, -0.25) is 4.79 Å². The number of nitrogens with one attached hydrogen (secondary N) is 1. The molecule has 1 aromatic heterocycles. The molecule has 1 N–H and O–H groups in total. The molecule has 0 aliphatic carbocycles. The summed E-state index contributed by atoms with van der Waals surface area (Å²) in [5, 5.41) is 13.8. The Kier molecular flexibility index (Phi) is 4.85. The van der Waals surface area contributed by atoms with Gasteiger partial charge in [-0.1, -0.05) is 28.1 Å². The molecule has 3 rings (SSSR count). The maximum Gasteiger partial charge on any atom is 0.265 e. The van der Waals surface area contributed by atoms with E-state index in [9.17, 15) is 4.79 Å². The minimum atomic E-state index is -0.659. The van der Waals surface area contributed by atoms with Gasteiger partial charge in [0, 0.05) is 16.2 Å². The maximum atomic E-state index is 12.3. The second-order valence-electron chi connectivity index (χ2n) is 5.01. The largest absolute Gasteiger partial charge is 0.481 e.